The summed E-state index contributed by atoms with van der Waals surface area (Å²) in [6.45, 7) is 0. The lowest BCUT2D eigenvalue weighted by Gasteiger charge is -2.05. The molecule has 6 heteroatoms. The molecule has 3 nitrogen and oxygen atoms in total. The maximum absolute atomic E-state index is 13.4. The number of hydrogen-bond donors (Lipinski definition) is 1. The zero-order valence-corrected chi connectivity index (χ0v) is 11.2. The molecule has 1 aromatic carbocycles. The number of carbonyl (C=O) groups is 1. The summed E-state index contributed by atoms with van der Waals surface area (Å²) in [6, 6.07) is 6.32. The molecule has 0 spiro atoms. The largest absolute Gasteiger partial charge is 0.310 e. The van der Waals surface area contributed by atoms with Gasteiger partial charge in [0.2, 0.25) is 5.91 Å². The van der Waals surface area contributed by atoms with Crippen LogP contribution in [0.4, 0.5) is 14.6 Å². The number of halogens is 3. The molecule has 1 aromatic heterocycles. The van der Waals surface area contributed by atoms with Gasteiger partial charge >= 0.3 is 0 Å². The molecule has 0 aliphatic carbocycles. The van der Waals surface area contributed by atoms with Gasteiger partial charge in [0.15, 0.2) is 0 Å². The van der Waals surface area contributed by atoms with Gasteiger partial charge in [0.25, 0.3) is 0 Å². The third-order valence-corrected chi connectivity index (χ3v) is 2.82. The number of nitrogens with zero attached hydrogens (tertiary/aromatic N) is 1. The number of nitrogens with one attached hydrogen (secondary N) is 1. The van der Waals surface area contributed by atoms with Crippen LogP contribution in [0.1, 0.15) is 5.56 Å². The van der Waals surface area contributed by atoms with Gasteiger partial charge in [-0.25, -0.2) is 13.8 Å². The van der Waals surface area contributed by atoms with Crippen molar-refractivity contribution in [3.8, 4) is 0 Å². The highest BCUT2D eigenvalue weighted by molar-refractivity contribution is 9.10. The van der Waals surface area contributed by atoms with Crippen molar-refractivity contribution in [2.24, 2.45) is 0 Å². The van der Waals surface area contributed by atoms with Crippen LogP contribution in [0.3, 0.4) is 0 Å². The highest BCUT2D eigenvalue weighted by Crippen LogP contribution is 2.13. The van der Waals surface area contributed by atoms with Crippen molar-refractivity contribution >= 4 is 27.7 Å². The van der Waals surface area contributed by atoms with Crippen LogP contribution in [0, 0.1) is 11.6 Å². The number of amides is 1. The standard InChI is InChI=1S/C13H9BrF2N2O/c14-9-1-4-12(17-7-9)18-13(19)6-8-5-10(15)2-3-11(8)16/h1-5,7H,6H2,(H,17,18,19). The van der Waals surface area contributed by atoms with E-state index in [4.69, 9.17) is 0 Å². The molecule has 0 atom stereocenters. The van der Waals surface area contributed by atoms with Crippen molar-refractivity contribution in [3.63, 3.8) is 0 Å². The van der Waals surface area contributed by atoms with Crippen molar-refractivity contribution in [1.82, 2.24) is 4.98 Å². The van der Waals surface area contributed by atoms with Gasteiger partial charge in [-0.2, -0.15) is 0 Å². The van der Waals surface area contributed by atoms with Crippen LogP contribution < -0.4 is 5.32 Å². The van der Waals surface area contributed by atoms with Crippen molar-refractivity contribution in [2.75, 3.05) is 5.32 Å². The topological polar surface area (TPSA) is 42.0 Å². The predicted molar refractivity (Wildman–Crippen MR) is 70.6 cm³/mol. The molecule has 0 saturated heterocycles. The van der Waals surface area contributed by atoms with Crippen molar-refractivity contribution < 1.29 is 13.6 Å². The Morgan fingerprint density at radius 3 is 2.74 bits per heavy atom. The number of rotatable bonds is 3. The van der Waals surface area contributed by atoms with Gasteiger partial charge in [0.05, 0.1) is 6.42 Å². The molecule has 2 rings (SSSR count). The number of anilines is 1. The fourth-order valence-corrected chi connectivity index (χ4v) is 1.72. The second kappa shape index (κ2) is 5.88. The number of benzene rings is 1. The minimum absolute atomic E-state index is 0.00890. The molecule has 0 aliphatic rings. The Morgan fingerprint density at radius 2 is 2.05 bits per heavy atom. The summed E-state index contributed by atoms with van der Waals surface area (Å²) >= 11 is 3.22. The summed E-state index contributed by atoms with van der Waals surface area (Å²) in [6.07, 6.45) is 1.28. The Labute approximate surface area is 116 Å². The average molecular weight is 327 g/mol. The van der Waals surface area contributed by atoms with Gasteiger partial charge in [-0.1, -0.05) is 0 Å². The van der Waals surface area contributed by atoms with Crippen molar-refractivity contribution in [1.29, 1.82) is 0 Å². The maximum Gasteiger partial charge on any atom is 0.230 e. The zero-order chi connectivity index (χ0) is 13.8. The summed E-state index contributed by atoms with van der Waals surface area (Å²) < 4.78 is 27.1. The molecule has 19 heavy (non-hydrogen) atoms. The number of hydrogen-bond acceptors (Lipinski definition) is 2. The zero-order valence-electron chi connectivity index (χ0n) is 9.66. The van der Waals surface area contributed by atoms with Crippen LogP contribution in [0.5, 0.6) is 0 Å². The van der Waals surface area contributed by atoms with Gasteiger partial charge in [-0.05, 0) is 46.3 Å². The van der Waals surface area contributed by atoms with E-state index in [1.165, 1.54) is 6.20 Å². The highest BCUT2D eigenvalue weighted by Gasteiger charge is 2.10. The molecule has 0 aliphatic heterocycles. The molecule has 0 radical (unpaired) electrons. The first-order valence-electron chi connectivity index (χ1n) is 5.40. The van der Waals surface area contributed by atoms with Gasteiger partial charge in [0.1, 0.15) is 17.5 Å². The second-order valence-corrected chi connectivity index (χ2v) is 4.74. The normalized spacial score (nSPS) is 10.3. The molecule has 1 amide bonds. The van der Waals surface area contributed by atoms with Crippen LogP contribution in [-0.2, 0) is 11.2 Å². The van der Waals surface area contributed by atoms with Crippen LogP contribution in [0.25, 0.3) is 0 Å². The molecular formula is C13H9BrF2N2O. The summed E-state index contributed by atoms with van der Waals surface area (Å²) in [5.41, 5.74) is 0.00890. The van der Waals surface area contributed by atoms with E-state index in [1.807, 2.05) is 0 Å². The SMILES string of the molecule is O=C(Cc1cc(F)ccc1F)Nc1ccc(Br)cn1. The Hall–Kier alpha value is -1.82. The first kappa shape index (κ1) is 13.6. The van der Waals surface area contributed by atoms with Gasteiger partial charge < -0.3 is 5.32 Å². The van der Waals surface area contributed by atoms with E-state index in [0.29, 0.717) is 5.82 Å². The van der Waals surface area contributed by atoms with Crippen molar-refractivity contribution in [2.45, 2.75) is 6.42 Å². The molecule has 0 unspecified atom stereocenters. The van der Waals surface area contributed by atoms with Crippen molar-refractivity contribution in [3.05, 3.63) is 58.2 Å². The first-order valence-corrected chi connectivity index (χ1v) is 6.19. The number of pyridine rings is 1. The van der Waals surface area contributed by atoms with E-state index in [1.54, 1.807) is 12.1 Å². The quantitative estimate of drug-likeness (QED) is 0.940. The summed E-state index contributed by atoms with van der Waals surface area (Å²) in [5, 5.41) is 2.50. The van der Waals surface area contributed by atoms with E-state index in [2.05, 4.69) is 26.2 Å². The average Bonchev–Trinajstić information content (AvgIpc) is 2.37. The van der Waals surface area contributed by atoms with E-state index >= 15 is 0 Å². The molecule has 2 aromatic rings. The minimum atomic E-state index is -0.611. The monoisotopic (exact) mass is 326 g/mol. The van der Waals surface area contributed by atoms with Gasteiger partial charge in [-0.15, -0.1) is 0 Å². The lowest BCUT2D eigenvalue weighted by Crippen LogP contribution is -2.16. The Kier molecular flexibility index (Phi) is 4.21. The summed E-state index contributed by atoms with van der Waals surface area (Å²) in [5.74, 6) is -1.30. The summed E-state index contributed by atoms with van der Waals surface area (Å²) in [7, 11) is 0. The maximum atomic E-state index is 13.4. The van der Waals surface area contributed by atoms with E-state index in [-0.39, 0.29) is 12.0 Å². The summed E-state index contributed by atoms with van der Waals surface area (Å²) in [4.78, 5) is 15.6. The van der Waals surface area contributed by atoms with Gasteiger partial charge in [-0.3, -0.25) is 4.79 Å². The van der Waals surface area contributed by atoms with Crippen LogP contribution >= 0.6 is 15.9 Å². The molecule has 0 bridgehead atoms. The van der Waals surface area contributed by atoms with E-state index in [9.17, 15) is 13.6 Å². The first-order chi connectivity index (χ1) is 9.04. The fourth-order valence-electron chi connectivity index (χ4n) is 1.49. The highest BCUT2D eigenvalue weighted by atomic mass is 79.9. The molecular weight excluding hydrogens is 318 g/mol. The van der Waals surface area contributed by atoms with Crippen LogP contribution in [0.2, 0.25) is 0 Å². The Bertz CT molecular complexity index is 602. The van der Waals surface area contributed by atoms with E-state index in [0.717, 1.165) is 22.7 Å². The Morgan fingerprint density at radius 1 is 1.26 bits per heavy atom. The Balaban J connectivity index is 2.05. The third-order valence-electron chi connectivity index (χ3n) is 2.35. The lowest BCUT2D eigenvalue weighted by molar-refractivity contribution is -0.115. The fraction of sp³-hybridized carbons (Fsp3) is 0.0769. The second-order valence-electron chi connectivity index (χ2n) is 3.82. The van der Waals surface area contributed by atoms with Crippen LogP contribution in [-0.4, -0.2) is 10.9 Å². The number of carbonyl (C=O) groups excluding carboxylic acids is 1. The van der Waals surface area contributed by atoms with E-state index < -0.39 is 17.5 Å². The lowest BCUT2D eigenvalue weighted by atomic mass is 10.1. The molecule has 1 N–H and O–H groups in total. The molecule has 98 valence electrons. The third kappa shape index (κ3) is 3.82. The molecule has 0 fully saturated rings. The molecule has 0 saturated carbocycles. The van der Waals surface area contributed by atoms with Gasteiger partial charge in [0, 0.05) is 16.2 Å². The van der Waals surface area contributed by atoms with Crippen LogP contribution in [0.15, 0.2) is 41.0 Å². The smallest absolute Gasteiger partial charge is 0.230 e. The number of aromatic nitrogens is 1. The molecule has 1 heterocycles. The predicted octanol–water partition coefficient (Wildman–Crippen LogP) is 3.30. The minimum Gasteiger partial charge on any atom is -0.310 e.